The molecule has 1 saturated heterocycles. The second-order valence-electron chi connectivity index (χ2n) is 7.81. The molecule has 5 nitrogen and oxygen atoms in total. The van der Waals surface area contributed by atoms with Crippen LogP contribution in [0, 0.1) is 18.7 Å². The molecule has 1 aliphatic heterocycles. The van der Waals surface area contributed by atoms with Crippen LogP contribution >= 0.6 is 24.0 Å². The largest absolute Gasteiger partial charge is 0.357 e. The van der Waals surface area contributed by atoms with Gasteiger partial charge in [-0.3, -0.25) is 4.90 Å². The van der Waals surface area contributed by atoms with Crippen molar-refractivity contribution in [3.63, 3.8) is 0 Å². The van der Waals surface area contributed by atoms with Gasteiger partial charge in [0.1, 0.15) is 5.82 Å². The fourth-order valence-corrected chi connectivity index (χ4v) is 3.46. The van der Waals surface area contributed by atoms with E-state index in [1.54, 1.807) is 13.0 Å². The standard InChI is InChI=1S/C21H36FN5.HI/c1-6-23-21(24-14-18-7-8-19(22)17(4)13-18)25-15-20(16(2)3)27-11-9-26(5)10-12-27;/h7-8,13,16,20H,6,9-12,14-15H2,1-5H3,(H2,23,24,25);1H. The summed E-state index contributed by atoms with van der Waals surface area (Å²) in [6.07, 6.45) is 0. The number of nitrogens with one attached hydrogen (secondary N) is 2. The predicted molar refractivity (Wildman–Crippen MR) is 127 cm³/mol. The number of rotatable bonds is 7. The van der Waals surface area contributed by atoms with Crippen LogP contribution in [0.1, 0.15) is 31.9 Å². The number of guanidine groups is 1. The van der Waals surface area contributed by atoms with Crippen LogP contribution in [0.25, 0.3) is 0 Å². The second-order valence-corrected chi connectivity index (χ2v) is 7.81. The van der Waals surface area contributed by atoms with Crippen molar-refractivity contribution in [3.05, 3.63) is 35.1 Å². The van der Waals surface area contributed by atoms with Crippen molar-refractivity contribution in [3.8, 4) is 0 Å². The van der Waals surface area contributed by atoms with Crippen molar-refractivity contribution in [1.82, 2.24) is 20.4 Å². The first kappa shape index (κ1) is 25.1. The molecule has 2 N–H and O–H groups in total. The smallest absolute Gasteiger partial charge is 0.191 e. The number of aliphatic imine (C=N–C) groups is 1. The first-order chi connectivity index (χ1) is 12.9. The second kappa shape index (κ2) is 12.6. The SMILES string of the molecule is CCNC(=NCc1ccc(F)c(C)c1)NCC(C(C)C)N1CCN(C)CC1.I. The first-order valence-electron chi connectivity index (χ1n) is 10.1. The molecule has 160 valence electrons. The monoisotopic (exact) mass is 505 g/mol. The summed E-state index contributed by atoms with van der Waals surface area (Å²) in [5.74, 6) is 1.22. The molecule has 28 heavy (non-hydrogen) atoms. The number of aryl methyl sites for hydroxylation is 1. The van der Waals surface area contributed by atoms with Crippen LogP contribution in [0.3, 0.4) is 0 Å². The average Bonchev–Trinajstić information content (AvgIpc) is 2.63. The van der Waals surface area contributed by atoms with E-state index in [1.807, 2.05) is 6.07 Å². The number of halogens is 2. The van der Waals surface area contributed by atoms with Gasteiger partial charge in [-0.05, 0) is 44.0 Å². The van der Waals surface area contributed by atoms with Crippen molar-refractivity contribution in [1.29, 1.82) is 0 Å². The summed E-state index contributed by atoms with van der Waals surface area (Å²) in [4.78, 5) is 9.66. The molecule has 0 aromatic heterocycles. The average molecular weight is 505 g/mol. The Kier molecular flexibility index (Phi) is 11.3. The highest BCUT2D eigenvalue weighted by atomic mass is 127. The molecule has 1 aliphatic rings. The van der Waals surface area contributed by atoms with Crippen LogP contribution < -0.4 is 10.6 Å². The molecule has 2 rings (SSSR count). The van der Waals surface area contributed by atoms with Crippen LogP contribution in [0.2, 0.25) is 0 Å². The number of piperazine rings is 1. The molecule has 1 unspecified atom stereocenters. The lowest BCUT2D eigenvalue weighted by molar-refractivity contribution is 0.0900. The molecule has 1 heterocycles. The van der Waals surface area contributed by atoms with Crippen LogP contribution in [0.4, 0.5) is 4.39 Å². The van der Waals surface area contributed by atoms with E-state index in [4.69, 9.17) is 0 Å². The van der Waals surface area contributed by atoms with Crippen molar-refractivity contribution in [2.75, 3.05) is 46.3 Å². The highest BCUT2D eigenvalue weighted by Gasteiger charge is 2.25. The van der Waals surface area contributed by atoms with Gasteiger partial charge in [-0.25, -0.2) is 9.38 Å². The minimum Gasteiger partial charge on any atom is -0.357 e. The van der Waals surface area contributed by atoms with E-state index in [1.165, 1.54) is 6.07 Å². The Morgan fingerprint density at radius 1 is 1.18 bits per heavy atom. The summed E-state index contributed by atoms with van der Waals surface area (Å²) in [5, 5.41) is 6.84. The molecular weight excluding hydrogens is 468 g/mol. The first-order valence-corrected chi connectivity index (χ1v) is 10.1. The lowest BCUT2D eigenvalue weighted by atomic mass is 10.0. The van der Waals surface area contributed by atoms with Gasteiger partial charge in [0.25, 0.3) is 0 Å². The van der Waals surface area contributed by atoms with E-state index in [9.17, 15) is 4.39 Å². The van der Waals surface area contributed by atoms with Crippen molar-refractivity contribution >= 4 is 29.9 Å². The van der Waals surface area contributed by atoms with Gasteiger partial charge in [-0.1, -0.05) is 26.0 Å². The molecule has 0 spiro atoms. The van der Waals surface area contributed by atoms with E-state index in [2.05, 4.69) is 53.2 Å². The summed E-state index contributed by atoms with van der Waals surface area (Å²) in [6.45, 7) is 15.1. The molecule has 7 heteroatoms. The van der Waals surface area contributed by atoms with Gasteiger partial charge in [0, 0.05) is 45.3 Å². The maximum absolute atomic E-state index is 13.4. The van der Waals surface area contributed by atoms with Gasteiger partial charge >= 0.3 is 0 Å². The van der Waals surface area contributed by atoms with Crippen LogP contribution in [0.15, 0.2) is 23.2 Å². The van der Waals surface area contributed by atoms with E-state index < -0.39 is 0 Å². The molecule has 0 aliphatic carbocycles. The molecule has 0 bridgehead atoms. The predicted octanol–water partition coefficient (Wildman–Crippen LogP) is 3.08. The third-order valence-electron chi connectivity index (χ3n) is 5.24. The van der Waals surface area contributed by atoms with E-state index in [0.29, 0.717) is 24.1 Å². The highest BCUT2D eigenvalue weighted by molar-refractivity contribution is 14.0. The van der Waals surface area contributed by atoms with Gasteiger partial charge in [0.15, 0.2) is 5.96 Å². The Bertz CT molecular complexity index is 615. The summed E-state index contributed by atoms with van der Waals surface area (Å²) in [7, 11) is 2.19. The van der Waals surface area contributed by atoms with Gasteiger partial charge in [-0.2, -0.15) is 0 Å². The molecule has 0 amide bonds. The Morgan fingerprint density at radius 2 is 1.86 bits per heavy atom. The Labute approximate surface area is 187 Å². The fraction of sp³-hybridized carbons (Fsp3) is 0.667. The zero-order valence-corrected chi connectivity index (χ0v) is 20.3. The van der Waals surface area contributed by atoms with E-state index >= 15 is 0 Å². The highest BCUT2D eigenvalue weighted by Crippen LogP contribution is 2.13. The van der Waals surface area contributed by atoms with Crippen molar-refractivity contribution < 1.29 is 4.39 Å². The van der Waals surface area contributed by atoms with Crippen LogP contribution in [0.5, 0.6) is 0 Å². The third-order valence-corrected chi connectivity index (χ3v) is 5.24. The van der Waals surface area contributed by atoms with Gasteiger partial charge in [-0.15, -0.1) is 24.0 Å². The minimum atomic E-state index is -0.167. The minimum absolute atomic E-state index is 0. The number of benzene rings is 1. The quantitative estimate of drug-likeness (QED) is 0.340. The zero-order chi connectivity index (χ0) is 19.8. The zero-order valence-electron chi connectivity index (χ0n) is 18.0. The van der Waals surface area contributed by atoms with Gasteiger partial charge < -0.3 is 15.5 Å². The maximum atomic E-state index is 13.4. The van der Waals surface area contributed by atoms with Crippen LogP contribution in [-0.2, 0) is 6.54 Å². The number of likely N-dealkylation sites (N-methyl/N-ethyl adjacent to an activating group) is 1. The van der Waals surface area contributed by atoms with Crippen molar-refractivity contribution in [2.45, 2.75) is 40.3 Å². The Balaban J connectivity index is 0.00000392. The Morgan fingerprint density at radius 3 is 2.43 bits per heavy atom. The molecule has 1 fully saturated rings. The number of nitrogens with zero attached hydrogens (tertiary/aromatic N) is 3. The lowest BCUT2D eigenvalue weighted by Crippen LogP contribution is -2.55. The normalized spacial score (nSPS) is 17.3. The molecule has 0 saturated carbocycles. The third kappa shape index (κ3) is 7.83. The maximum Gasteiger partial charge on any atom is 0.191 e. The van der Waals surface area contributed by atoms with Crippen molar-refractivity contribution in [2.24, 2.45) is 10.9 Å². The molecule has 1 atom stereocenters. The summed E-state index contributed by atoms with van der Waals surface area (Å²) in [5.41, 5.74) is 1.68. The molecule has 0 radical (unpaired) electrons. The summed E-state index contributed by atoms with van der Waals surface area (Å²) < 4.78 is 13.4. The summed E-state index contributed by atoms with van der Waals surface area (Å²) in [6, 6.07) is 5.67. The van der Waals surface area contributed by atoms with Gasteiger partial charge in [0.05, 0.1) is 6.54 Å². The van der Waals surface area contributed by atoms with E-state index in [0.717, 1.165) is 50.8 Å². The number of hydrogen-bond donors (Lipinski definition) is 2. The Hall–Kier alpha value is -0.930. The molecule has 1 aromatic carbocycles. The topological polar surface area (TPSA) is 42.9 Å². The number of hydrogen-bond acceptors (Lipinski definition) is 3. The molecule has 1 aromatic rings. The molecular formula is C21H37FIN5. The fourth-order valence-electron chi connectivity index (χ4n) is 3.46. The van der Waals surface area contributed by atoms with Gasteiger partial charge in [0.2, 0.25) is 0 Å². The van der Waals surface area contributed by atoms with Crippen LogP contribution in [-0.4, -0.2) is 68.1 Å². The summed E-state index contributed by atoms with van der Waals surface area (Å²) >= 11 is 0. The lowest BCUT2D eigenvalue weighted by Gasteiger charge is -2.40. The van der Waals surface area contributed by atoms with E-state index in [-0.39, 0.29) is 29.8 Å².